The fourth-order valence-electron chi connectivity index (χ4n) is 2.03. The second-order valence-corrected chi connectivity index (χ2v) is 4.38. The lowest BCUT2D eigenvalue weighted by Crippen LogP contribution is -2.22. The molecule has 1 fully saturated rings. The summed E-state index contributed by atoms with van der Waals surface area (Å²) < 4.78 is 5.70. The molecule has 1 aliphatic heterocycles. The minimum atomic E-state index is -0.665. The molecule has 1 heterocycles. The van der Waals surface area contributed by atoms with Crippen molar-refractivity contribution in [1.29, 1.82) is 0 Å². The molecular weight excluding hydrogens is 256 g/mol. The molecule has 0 aromatic heterocycles. The number of para-hydroxylation sites is 1. The number of imide groups is 1. The molecule has 1 saturated heterocycles. The molecular formula is C15H12N2O3. The molecule has 1 atom stereocenters. The van der Waals surface area contributed by atoms with E-state index in [1.807, 2.05) is 30.3 Å². The van der Waals surface area contributed by atoms with E-state index in [1.54, 1.807) is 24.3 Å². The lowest BCUT2D eigenvalue weighted by atomic mass is 10.1. The van der Waals surface area contributed by atoms with Crippen molar-refractivity contribution in [2.75, 3.05) is 0 Å². The highest BCUT2D eigenvalue weighted by atomic mass is 16.5. The summed E-state index contributed by atoms with van der Waals surface area (Å²) in [6.07, 6.45) is 0. The second kappa shape index (κ2) is 5.05. The van der Waals surface area contributed by atoms with Crippen LogP contribution in [0.3, 0.4) is 0 Å². The molecule has 1 unspecified atom stereocenters. The third-order valence-electron chi connectivity index (χ3n) is 2.94. The van der Waals surface area contributed by atoms with Gasteiger partial charge in [-0.25, -0.2) is 4.79 Å². The van der Waals surface area contributed by atoms with Gasteiger partial charge in [0.25, 0.3) is 5.91 Å². The van der Waals surface area contributed by atoms with Crippen molar-refractivity contribution in [1.82, 2.24) is 10.6 Å². The Kier molecular flexibility index (Phi) is 3.09. The van der Waals surface area contributed by atoms with Crippen LogP contribution in [-0.4, -0.2) is 11.9 Å². The molecule has 0 saturated carbocycles. The summed E-state index contributed by atoms with van der Waals surface area (Å²) in [6.45, 7) is 0. The Morgan fingerprint density at radius 1 is 0.900 bits per heavy atom. The molecule has 1 aliphatic rings. The quantitative estimate of drug-likeness (QED) is 0.840. The molecule has 5 heteroatoms. The smallest absolute Gasteiger partial charge is 0.322 e. The van der Waals surface area contributed by atoms with E-state index >= 15 is 0 Å². The molecule has 5 nitrogen and oxygen atoms in total. The summed E-state index contributed by atoms with van der Waals surface area (Å²) in [7, 11) is 0. The van der Waals surface area contributed by atoms with Crippen LogP contribution in [0.5, 0.6) is 11.5 Å². The van der Waals surface area contributed by atoms with Gasteiger partial charge in [-0.2, -0.15) is 0 Å². The Hall–Kier alpha value is -2.82. The van der Waals surface area contributed by atoms with Gasteiger partial charge < -0.3 is 10.1 Å². The van der Waals surface area contributed by atoms with Crippen molar-refractivity contribution in [3.05, 3.63) is 60.2 Å². The Morgan fingerprint density at radius 3 is 2.35 bits per heavy atom. The minimum absolute atomic E-state index is 0.355. The number of rotatable bonds is 3. The lowest BCUT2D eigenvalue weighted by molar-refractivity contribution is -0.120. The lowest BCUT2D eigenvalue weighted by Gasteiger charge is -2.10. The summed E-state index contributed by atoms with van der Waals surface area (Å²) in [6, 6.07) is 15.3. The van der Waals surface area contributed by atoms with Gasteiger partial charge in [0.1, 0.15) is 17.5 Å². The largest absolute Gasteiger partial charge is 0.457 e. The van der Waals surface area contributed by atoms with Gasteiger partial charge in [-0.3, -0.25) is 10.1 Å². The first-order valence-corrected chi connectivity index (χ1v) is 6.16. The number of carbonyl (C=O) groups excluding carboxylic acids is 2. The number of amides is 3. The monoisotopic (exact) mass is 268 g/mol. The minimum Gasteiger partial charge on any atom is -0.457 e. The summed E-state index contributed by atoms with van der Waals surface area (Å²) >= 11 is 0. The third-order valence-corrected chi connectivity index (χ3v) is 2.94. The Balaban J connectivity index is 1.83. The van der Waals surface area contributed by atoms with Crippen LogP contribution < -0.4 is 15.4 Å². The van der Waals surface area contributed by atoms with Crippen LogP contribution in [0.15, 0.2) is 54.6 Å². The van der Waals surface area contributed by atoms with E-state index in [-0.39, 0.29) is 5.91 Å². The Morgan fingerprint density at radius 2 is 1.65 bits per heavy atom. The number of benzene rings is 2. The summed E-state index contributed by atoms with van der Waals surface area (Å²) in [4.78, 5) is 22.8. The molecule has 3 amide bonds. The summed E-state index contributed by atoms with van der Waals surface area (Å²) in [5.74, 6) is 0.971. The van der Waals surface area contributed by atoms with Gasteiger partial charge in [0.05, 0.1) is 0 Å². The maximum atomic E-state index is 11.6. The standard InChI is InChI=1S/C15H12N2O3/c18-14-13(16-15(19)17-14)10-5-4-8-12(9-10)20-11-6-2-1-3-7-11/h1-9,13H,(H2,16,17,18,19). The zero-order chi connectivity index (χ0) is 13.9. The highest BCUT2D eigenvalue weighted by Crippen LogP contribution is 2.25. The van der Waals surface area contributed by atoms with Gasteiger partial charge in [-0.1, -0.05) is 30.3 Å². The fourth-order valence-corrected chi connectivity index (χ4v) is 2.03. The van der Waals surface area contributed by atoms with Crippen molar-refractivity contribution < 1.29 is 14.3 Å². The normalized spacial score (nSPS) is 17.5. The van der Waals surface area contributed by atoms with E-state index in [9.17, 15) is 9.59 Å². The molecule has 2 N–H and O–H groups in total. The number of hydrogen-bond donors (Lipinski definition) is 2. The topological polar surface area (TPSA) is 67.4 Å². The average molecular weight is 268 g/mol. The third kappa shape index (κ3) is 2.47. The number of ether oxygens (including phenoxy) is 1. The van der Waals surface area contributed by atoms with E-state index in [0.717, 1.165) is 0 Å². The maximum absolute atomic E-state index is 11.6. The number of hydrogen-bond acceptors (Lipinski definition) is 3. The Bertz CT molecular complexity index is 655. The molecule has 20 heavy (non-hydrogen) atoms. The van der Waals surface area contributed by atoms with Crippen LogP contribution in [0.2, 0.25) is 0 Å². The van der Waals surface area contributed by atoms with Gasteiger partial charge >= 0.3 is 6.03 Å². The first-order valence-electron chi connectivity index (χ1n) is 6.16. The van der Waals surface area contributed by atoms with Crippen molar-refractivity contribution in [2.24, 2.45) is 0 Å². The van der Waals surface area contributed by atoms with E-state index in [2.05, 4.69) is 10.6 Å². The first-order chi connectivity index (χ1) is 9.72. The zero-order valence-electron chi connectivity index (χ0n) is 10.5. The van der Waals surface area contributed by atoms with Gasteiger partial charge in [0.2, 0.25) is 0 Å². The molecule has 3 rings (SSSR count). The zero-order valence-corrected chi connectivity index (χ0v) is 10.5. The van der Waals surface area contributed by atoms with Gasteiger partial charge in [-0.05, 0) is 29.8 Å². The SMILES string of the molecule is O=C1NC(=O)C(c2cccc(Oc3ccccc3)c2)N1. The molecule has 0 bridgehead atoms. The highest BCUT2D eigenvalue weighted by Gasteiger charge is 2.30. The van der Waals surface area contributed by atoms with E-state index in [0.29, 0.717) is 17.1 Å². The first kappa shape index (κ1) is 12.2. The van der Waals surface area contributed by atoms with Crippen LogP contribution in [-0.2, 0) is 4.79 Å². The number of urea groups is 1. The number of nitrogens with one attached hydrogen (secondary N) is 2. The van der Waals surface area contributed by atoms with Crippen molar-refractivity contribution in [2.45, 2.75) is 6.04 Å². The molecule has 0 aliphatic carbocycles. The second-order valence-electron chi connectivity index (χ2n) is 4.38. The van der Waals surface area contributed by atoms with Crippen molar-refractivity contribution in [3.63, 3.8) is 0 Å². The van der Waals surface area contributed by atoms with Gasteiger partial charge in [0.15, 0.2) is 0 Å². The van der Waals surface area contributed by atoms with Crippen LogP contribution in [0.25, 0.3) is 0 Å². The predicted octanol–water partition coefficient (Wildman–Crippen LogP) is 2.36. The van der Waals surface area contributed by atoms with Crippen molar-refractivity contribution >= 4 is 11.9 Å². The van der Waals surface area contributed by atoms with E-state index < -0.39 is 12.1 Å². The van der Waals surface area contributed by atoms with Crippen LogP contribution in [0.1, 0.15) is 11.6 Å². The van der Waals surface area contributed by atoms with Crippen molar-refractivity contribution in [3.8, 4) is 11.5 Å². The van der Waals surface area contributed by atoms with E-state index in [4.69, 9.17) is 4.74 Å². The van der Waals surface area contributed by atoms with E-state index in [1.165, 1.54) is 0 Å². The van der Waals surface area contributed by atoms with Crippen LogP contribution >= 0.6 is 0 Å². The van der Waals surface area contributed by atoms with Crippen LogP contribution in [0, 0.1) is 0 Å². The van der Waals surface area contributed by atoms with Gasteiger partial charge in [0, 0.05) is 0 Å². The molecule has 2 aromatic carbocycles. The summed E-state index contributed by atoms with van der Waals surface area (Å²) in [5, 5.41) is 4.76. The van der Waals surface area contributed by atoms with Gasteiger partial charge in [-0.15, -0.1) is 0 Å². The Labute approximate surface area is 115 Å². The average Bonchev–Trinajstić information content (AvgIpc) is 2.79. The maximum Gasteiger partial charge on any atom is 0.322 e. The molecule has 100 valence electrons. The molecule has 0 spiro atoms. The molecule has 2 aromatic rings. The summed E-state index contributed by atoms with van der Waals surface area (Å²) in [5.41, 5.74) is 0.682. The highest BCUT2D eigenvalue weighted by molar-refractivity contribution is 6.04. The molecule has 0 radical (unpaired) electrons. The fraction of sp³-hybridized carbons (Fsp3) is 0.0667. The van der Waals surface area contributed by atoms with Crippen LogP contribution in [0.4, 0.5) is 4.79 Å². The number of carbonyl (C=O) groups is 2. The predicted molar refractivity (Wildman–Crippen MR) is 72.4 cm³/mol.